The van der Waals surface area contributed by atoms with Crippen molar-refractivity contribution in [2.75, 3.05) is 0 Å². The van der Waals surface area contributed by atoms with Gasteiger partial charge in [-0.3, -0.25) is 5.32 Å². The SMILES string of the molecule is CC1=C(C)C2NC1c1ccccc12. The minimum Gasteiger partial charge on any atom is -0.296 e. The number of hydrogen-bond donors (Lipinski definition) is 1. The molecule has 2 aliphatic rings. The summed E-state index contributed by atoms with van der Waals surface area (Å²) in [5.41, 5.74) is 6.00. The summed E-state index contributed by atoms with van der Waals surface area (Å²) >= 11 is 0. The van der Waals surface area contributed by atoms with Gasteiger partial charge in [0.05, 0.1) is 12.1 Å². The first-order valence-electron chi connectivity index (χ1n) is 4.81. The minimum atomic E-state index is 0.501. The highest BCUT2D eigenvalue weighted by atomic mass is 15.0. The van der Waals surface area contributed by atoms with E-state index in [1.54, 1.807) is 0 Å². The third-order valence-electron chi connectivity index (χ3n) is 3.44. The van der Waals surface area contributed by atoms with Crippen molar-refractivity contribution in [1.82, 2.24) is 5.32 Å². The first-order valence-corrected chi connectivity index (χ1v) is 4.81. The fourth-order valence-corrected chi connectivity index (χ4v) is 2.55. The van der Waals surface area contributed by atoms with Crippen molar-refractivity contribution >= 4 is 0 Å². The van der Waals surface area contributed by atoms with E-state index in [2.05, 4.69) is 43.4 Å². The Labute approximate surface area is 78.5 Å². The van der Waals surface area contributed by atoms with Gasteiger partial charge in [-0.15, -0.1) is 0 Å². The lowest BCUT2D eigenvalue weighted by atomic mass is 9.88. The molecule has 0 fully saturated rings. The molecule has 1 heteroatoms. The fraction of sp³-hybridized carbons (Fsp3) is 0.333. The Bertz CT molecular complexity index is 366. The number of nitrogens with one attached hydrogen (secondary N) is 1. The molecule has 2 atom stereocenters. The Morgan fingerprint density at radius 3 is 1.85 bits per heavy atom. The van der Waals surface area contributed by atoms with Gasteiger partial charge < -0.3 is 0 Å². The van der Waals surface area contributed by atoms with E-state index < -0.39 is 0 Å². The summed E-state index contributed by atoms with van der Waals surface area (Å²) in [6.45, 7) is 4.48. The minimum absolute atomic E-state index is 0.501. The molecule has 66 valence electrons. The highest BCUT2D eigenvalue weighted by Crippen LogP contribution is 2.47. The largest absolute Gasteiger partial charge is 0.296 e. The van der Waals surface area contributed by atoms with Crippen LogP contribution in [0.3, 0.4) is 0 Å². The number of rotatable bonds is 0. The molecule has 0 amide bonds. The van der Waals surface area contributed by atoms with E-state index in [1.165, 1.54) is 22.3 Å². The monoisotopic (exact) mass is 171 g/mol. The van der Waals surface area contributed by atoms with Gasteiger partial charge in [0.2, 0.25) is 0 Å². The normalized spacial score (nSPS) is 29.7. The standard InChI is InChI=1S/C12H13N/c1-7-8(2)12-10-6-4-3-5-9(10)11(7)13-12/h3-6,11-13H,1-2H3. The summed E-state index contributed by atoms with van der Waals surface area (Å²) in [6, 6.07) is 9.74. The topological polar surface area (TPSA) is 12.0 Å². The Balaban J connectivity index is 2.24. The van der Waals surface area contributed by atoms with Gasteiger partial charge in [0.1, 0.15) is 0 Å². The van der Waals surface area contributed by atoms with Crippen molar-refractivity contribution in [2.24, 2.45) is 0 Å². The summed E-state index contributed by atoms with van der Waals surface area (Å²) in [5.74, 6) is 0. The van der Waals surface area contributed by atoms with Crippen LogP contribution in [0.1, 0.15) is 37.1 Å². The summed E-state index contributed by atoms with van der Waals surface area (Å²) in [5, 5.41) is 3.62. The Hall–Kier alpha value is -1.08. The van der Waals surface area contributed by atoms with Crippen molar-refractivity contribution < 1.29 is 0 Å². The molecule has 0 saturated carbocycles. The van der Waals surface area contributed by atoms with Crippen LogP contribution < -0.4 is 5.32 Å². The highest BCUT2D eigenvalue weighted by molar-refractivity contribution is 5.52. The molecule has 2 aliphatic heterocycles. The van der Waals surface area contributed by atoms with E-state index in [9.17, 15) is 0 Å². The van der Waals surface area contributed by atoms with Gasteiger partial charge in [-0.1, -0.05) is 35.4 Å². The molecule has 0 radical (unpaired) electrons. The maximum Gasteiger partial charge on any atom is 0.0547 e. The Morgan fingerprint density at radius 2 is 1.38 bits per heavy atom. The lowest BCUT2D eigenvalue weighted by Gasteiger charge is -2.15. The molecule has 1 nitrogen and oxygen atoms in total. The van der Waals surface area contributed by atoms with Gasteiger partial charge in [0.15, 0.2) is 0 Å². The molecule has 2 heterocycles. The maximum atomic E-state index is 3.62. The maximum absolute atomic E-state index is 3.62. The van der Waals surface area contributed by atoms with E-state index in [1.807, 2.05) is 0 Å². The van der Waals surface area contributed by atoms with Gasteiger partial charge in [0, 0.05) is 0 Å². The van der Waals surface area contributed by atoms with Crippen LogP contribution in [0.2, 0.25) is 0 Å². The average Bonchev–Trinajstić information content (AvgIpc) is 2.66. The van der Waals surface area contributed by atoms with Crippen molar-refractivity contribution in [1.29, 1.82) is 0 Å². The summed E-state index contributed by atoms with van der Waals surface area (Å²) in [6.07, 6.45) is 0. The number of benzene rings is 1. The Kier molecular flexibility index (Phi) is 1.26. The predicted molar refractivity (Wildman–Crippen MR) is 53.4 cm³/mol. The zero-order valence-corrected chi connectivity index (χ0v) is 7.96. The van der Waals surface area contributed by atoms with E-state index in [0.717, 1.165) is 0 Å². The van der Waals surface area contributed by atoms with Crippen LogP contribution >= 0.6 is 0 Å². The first kappa shape index (κ1) is 7.34. The van der Waals surface area contributed by atoms with Crippen LogP contribution in [0.4, 0.5) is 0 Å². The van der Waals surface area contributed by atoms with Gasteiger partial charge in [-0.05, 0) is 25.0 Å². The van der Waals surface area contributed by atoms with Crippen molar-refractivity contribution in [2.45, 2.75) is 25.9 Å². The molecule has 1 aromatic carbocycles. The van der Waals surface area contributed by atoms with Crippen LogP contribution in [0, 0.1) is 0 Å². The van der Waals surface area contributed by atoms with Gasteiger partial charge in [-0.2, -0.15) is 0 Å². The average molecular weight is 171 g/mol. The van der Waals surface area contributed by atoms with Crippen LogP contribution in [0.25, 0.3) is 0 Å². The first-order chi connectivity index (χ1) is 6.29. The summed E-state index contributed by atoms with van der Waals surface area (Å²) in [4.78, 5) is 0. The Morgan fingerprint density at radius 1 is 0.923 bits per heavy atom. The molecular formula is C12H13N. The van der Waals surface area contributed by atoms with Crippen LogP contribution in [0.5, 0.6) is 0 Å². The molecule has 2 unspecified atom stereocenters. The van der Waals surface area contributed by atoms with E-state index in [0.29, 0.717) is 12.1 Å². The van der Waals surface area contributed by atoms with Gasteiger partial charge in [0.25, 0.3) is 0 Å². The quantitative estimate of drug-likeness (QED) is 0.592. The van der Waals surface area contributed by atoms with Crippen LogP contribution in [-0.2, 0) is 0 Å². The predicted octanol–water partition coefficient (Wildman–Crippen LogP) is 2.72. The highest BCUT2D eigenvalue weighted by Gasteiger charge is 2.38. The lowest BCUT2D eigenvalue weighted by molar-refractivity contribution is 0.649. The lowest BCUT2D eigenvalue weighted by Crippen LogP contribution is -2.09. The molecule has 0 saturated heterocycles. The van der Waals surface area contributed by atoms with Crippen LogP contribution in [-0.4, -0.2) is 0 Å². The van der Waals surface area contributed by atoms with E-state index in [4.69, 9.17) is 0 Å². The number of hydrogen-bond acceptors (Lipinski definition) is 1. The van der Waals surface area contributed by atoms with Crippen molar-refractivity contribution in [3.8, 4) is 0 Å². The van der Waals surface area contributed by atoms with Crippen LogP contribution in [0.15, 0.2) is 35.4 Å². The second kappa shape index (κ2) is 2.24. The second-order valence-corrected chi connectivity index (χ2v) is 4.03. The molecule has 2 bridgehead atoms. The van der Waals surface area contributed by atoms with E-state index >= 15 is 0 Å². The molecule has 1 aromatic rings. The smallest absolute Gasteiger partial charge is 0.0547 e. The van der Waals surface area contributed by atoms with Gasteiger partial charge in [-0.25, -0.2) is 0 Å². The van der Waals surface area contributed by atoms with E-state index in [-0.39, 0.29) is 0 Å². The van der Waals surface area contributed by atoms with Gasteiger partial charge >= 0.3 is 0 Å². The third-order valence-corrected chi connectivity index (χ3v) is 3.44. The van der Waals surface area contributed by atoms with Crippen molar-refractivity contribution in [3.05, 3.63) is 46.5 Å². The fourth-order valence-electron chi connectivity index (χ4n) is 2.55. The molecule has 13 heavy (non-hydrogen) atoms. The molecule has 0 aliphatic carbocycles. The zero-order valence-electron chi connectivity index (χ0n) is 7.96. The summed E-state index contributed by atoms with van der Waals surface area (Å²) in [7, 11) is 0. The summed E-state index contributed by atoms with van der Waals surface area (Å²) < 4.78 is 0. The molecule has 3 rings (SSSR count). The molecule has 1 N–H and O–H groups in total. The van der Waals surface area contributed by atoms with Crippen molar-refractivity contribution in [3.63, 3.8) is 0 Å². The third kappa shape index (κ3) is 0.755. The zero-order chi connectivity index (χ0) is 9.00. The molecule has 0 spiro atoms. The molecule has 0 aromatic heterocycles. The molecular weight excluding hydrogens is 158 g/mol. The number of fused-ring (bicyclic) bond motifs is 5. The second-order valence-electron chi connectivity index (χ2n) is 4.03.